The maximum absolute atomic E-state index is 12.0. The number of carbonyl (C=O) groups is 2. The van der Waals surface area contributed by atoms with E-state index >= 15 is 0 Å². The lowest BCUT2D eigenvalue weighted by Gasteiger charge is -2.16. The van der Waals surface area contributed by atoms with Crippen LogP contribution in [0.1, 0.15) is 13.3 Å². The number of imide groups is 1. The Morgan fingerprint density at radius 3 is 2.31 bits per heavy atom. The van der Waals surface area contributed by atoms with Crippen molar-refractivity contribution in [1.29, 1.82) is 0 Å². The summed E-state index contributed by atoms with van der Waals surface area (Å²) in [5, 5.41) is 0.939. The van der Waals surface area contributed by atoms with Crippen LogP contribution >= 0.6 is 0 Å². The Bertz CT molecular complexity index is 348. The lowest BCUT2D eigenvalue weighted by atomic mass is 9.85. The molecule has 0 spiro atoms. The van der Waals surface area contributed by atoms with Crippen LogP contribution in [0.15, 0.2) is 12.2 Å². The predicted molar refractivity (Wildman–Crippen MR) is 52.9 cm³/mol. The lowest BCUT2D eigenvalue weighted by molar-refractivity contribution is -0.191. The van der Waals surface area contributed by atoms with E-state index in [4.69, 9.17) is 9.57 Å². The SMILES string of the molecule is CCCON1C(=O)[C@@H]2[C@@H](C1=O)[C@H]1C=C[C@@H]2O1. The zero-order chi connectivity index (χ0) is 11.3. The summed E-state index contributed by atoms with van der Waals surface area (Å²) in [5.41, 5.74) is 0. The number of hydrogen-bond donors (Lipinski definition) is 0. The topological polar surface area (TPSA) is 55.8 Å². The van der Waals surface area contributed by atoms with Gasteiger partial charge >= 0.3 is 0 Å². The molecule has 2 bridgehead atoms. The quantitative estimate of drug-likeness (QED) is 0.509. The van der Waals surface area contributed by atoms with Gasteiger partial charge in [0.25, 0.3) is 11.8 Å². The number of ether oxygens (including phenoxy) is 1. The second-order valence-corrected chi connectivity index (χ2v) is 4.31. The molecule has 0 aromatic heterocycles. The monoisotopic (exact) mass is 223 g/mol. The summed E-state index contributed by atoms with van der Waals surface area (Å²) in [7, 11) is 0. The number of fused-ring (bicyclic) bond motifs is 5. The zero-order valence-electron chi connectivity index (χ0n) is 8.96. The van der Waals surface area contributed by atoms with Crippen LogP contribution in [0.4, 0.5) is 0 Å². The van der Waals surface area contributed by atoms with E-state index in [2.05, 4.69) is 0 Å². The largest absolute Gasteiger partial charge is 0.365 e. The third-order valence-corrected chi connectivity index (χ3v) is 3.29. The van der Waals surface area contributed by atoms with E-state index in [-0.39, 0.29) is 35.9 Å². The summed E-state index contributed by atoms with van der Waals surface area (Å²) in [6, 6.07) is 0. The molecule has 0 saturated carbocycles. The maximum atomic E-state index is 12.0. The van der Waals surface area contributed by atoms with E-state index in [9.17, 15) is 9.59 Å². The van der Waals surface area contributed by atoms with Crippen molar-refractivity contribution in [2.75, 3.05) is 6.61 Å². The van der Waals surface area contributed by atoms with Crippen molar-refractivity contribution in [3.05, 3.63) is 12.2 Å². The Balaban J connectivity index is 1.83. The van der Waals surface area contributed by atoms with E-state index in [0.29, 0.717) is 6.61 Å². The van der Waals surface area contributed by atoms with Gasteiger partial charge in [0, 0.05) is 0 Å². The molecule has 0 aromatic carbocycles. The molecule has 0 radical (unpaired) electrons. The van der Waals surface area contributed by atoms with Gasteiger partial charge in [-0.15, -0.1) is 0 Å². The highest BCUT2D eigenvalue weighted by Gasteiger charge is 2.61. The van der Waals surface area contributed by atoms with Crippen molar-refractivity contribution >= 4 is 11.8 Å². The molecular weight excluding hydrogens is 210 g/mol. The van der Waals surface area contributed by atoms with E-state index in [1.165, 1.54) is 0 Å². The van der Waals surface area contributed by atoms with E-state index in [1.54, 1.807) is 0 Å². The molecule has 3 rings (SSSR count). The van der Waals surface area contributed by atoms with Crippen LogP contribution in [0, 0.1) is 11.8 Å². The smallest absolute Gasteiger partial charge is 0.260 e. The third kappa shape index (κ3) is 1.13. The molecule has 2 saturated heterocycles. The molecular formula is C11H13NO4. The first-order chi connectivity index (χ1) is 7.74. The fraction of sp³-hybridized carbons (Fsp3) is 0.636. The number of hydrogen-bond acceptors (Lipinski definition) is 4. The molecule has 2 fully saturated rings. The summed E-state index contributed by atoms with van der Waals surface area (Å²) in [5.74, 6) is -1.22. The van der Waals surface area contributed by atoms with Crippen molar-refractivity contribution in [3.63, 3.8) is 0 Å². The highest BCUT2D eigenvalue weighted by molar-refractivity contribution is 6.05. The summed E-state index contributed by atoms with van der Waals surface area (Å²) in [6.07, 6.45) is 4.03. The van der Waals surface area contributed by atoms with Crippen LogP contribution < -0.4 is 0 Å². The highest BCUT2D eigenvalue weighted by Crippen LogP contribution is 2.45. The van der Waals surface area contributed by atoms with Crippen LogP contribution in [-0.2, 0) is 19.2 Å². The van der Waals surface area contributed by atoms with Gasteiger partial charge in [0.15, 0.2) is 0 Å². The van der Waals surface area contributed by atoms with E-state index in [1.807, 2.05) is 19.1 Å². The predicted octanol–water partition coefficient (Wildman–Crippen LogP) is 0.266. The normalized spacial score (nSPS) is 39.9. The van der Waals surface area contributed by atoms with E-state index in [0.717, 1.165) is 11.5 Å². The number of nitrogens with zero attached hydrogens (tertiary/aromatic N) is 1. The first-order valence-corrected chi connectivity index (χ1v) is 5.58. The van der Waals surface area contributed by atoms with Gasteiger partial charge in [0.2, 0.25) is 0 Å². The van der Waals surface area contributed by atoms with E-state index < -0.39 is 0 Å². The average molecular weight is 223 g/mol. The zero-order valence-corrected chi connectivity index (χ0v) is 8.96. The summed E-state index contributed by atoms with van der Waals surface area (Å²) in [6.45, 7) is 2.32. The van der Waals surface area contributed by atoms with Gasteiger partial charge in [0.1, 0.15) is 0 Å². The molecule has 16 heavy (non-hydrogen) atoms. The molecule has 2 amide bonds. The fourth-order valence-electron chi connectivity index (χ4n) is 2.59. The van der Waals surface area contributed by atoms with Crippen molar-refractivity contribution in [2.24, 2.45) is 11.8 Å². The van der Waals surface area contributed by atoms with Crippen molar-refractivity contribution in [1.82, 2.24) is 5.06 Å². The van der Waals surface area contributed by atoms with Crippen LogP contribution in [0.2, 0.25) is 0 Å². The van der Waals surface area contributed by atoms with Crippen LogP contribution in [0.25, 0.3) is 0 Å². The average Bonchev–Trinajstić information content (AvgIpc) is 2.92. The summed E-state index contributed by atoms with van der Waals surface area (Å²) >= 11 is 0. The minimum Gasteiger partial charge on any atom is -0.365 e. The van der Waals surface area contributed by atoms with Gasteiger partial charge in [-0.2, -0.15) is 5.06 Å². The van der Waals surface area contributed by atoms with Gasteiger partial charge in [-0.3, -0.25) is 14.4 Å². The molecule has 3 heterocycles. The minimum atomic E-state index is -0.362. The number of hydroxylamine groups is 2. The molecule has 3 aliphatic heterocycles. The Hall–Kier alpha value is -1.20. The lowest BCUT2D eigenvalue weighted by Crippen LogP contribution is -2.34. The molecule has 0 aliphatic carbocycles. The summed E-state index contributed by atoms with van der Waals surface area (Å²) in [4.78, 5) is 29.1. The van der Waals surface area contributed by atoms with Gasteiger partial charge in [0.05, 0.1) is 30.7 Å². The van der Waals surface area contributed by atoms with Crippen molar-refractivity contribution in [2.45, 2.75) is 25.6 Å². The molecule has 0 aromatic rings. The molecule has 3 aliphatic rings. The molecule has 5 nitrogen and oxygen atoms in total. The molecule has 5 heteroatoms. The van der Waals surface area contributed by atoms with Gasteiger partial charge < -0.3 is 4.74 Å². The first kappa shape index (κ1) is 9.99. The highest BCUT2D eigenvalue weighted by atomic mass is 16.7. The first-order valence-electron chi connectivity index (χ1n) is 5.58. The van der Waals surface area contributed by atoms with Crippen LogP contribution in [-0.4, -0.2) is 35.7 Å². The second-order valence-electron chi connectivity index (χ2n) is 4.31. The summed E-state index contributed by atoms with van der Waals surface area (Å²) < 4.78 is 5.50. The molecule has 4 atom stereocenters. The number of rotatable bonds is 3. The standard InChI is InChI=1S/C11H13NO4/c1-2-5-15-12-10(13)8-6-3-4-7(16-6)9(8)11(12)14/h3-4,6-9H,2,5H2,1H3/t6-,7+,8-,9-/m0/s1. The molecule has 0 N–H and O–H groups in total. The van der Waals surface area contributed by atoms with Crippen LogP contribution in [0.3, 0.4) is 0 Å². The van der Waals surface area contributed by atoms with Crippen molar-refractivity contribution in [3.8, 4) is 0 Å². The van der Waals surface area contributed by atoms with Crippen LogP contribution in [0.5, 0.6) is 0 Å². The van der Waals surface area contributed by atoms with Gasteiger partial charge in [-0.25, -0.2) is 0 Å². The third-order valence-electron chi connectivity index (χ3n) is 3.29. The second kappa shape index (κ2) is 3.40. The van der Waals surface area contributed by atoms with Crippen molar-refractivity contribution < 1.29 is 19.2 Å². The Kier molecular flexibility index (Phi) is 2.12. The van der Waals surface area contributed by atoms with Gasteiger partial charge in [-0.1, -0.05) is 19.1 Å². The Morgan fingerprint density at radius 1 is 1.25 bits per heavy atom. The Morgan fingerprint density at radius 2 is 1.81 bits per heavy atom. The molecule has 0 unspecified atom stereocenters. The number of amides is 2. The maximum Gasteiger partial charge on any atom is 0.260 e. The Labute approximate surface area is 92.9 Å². The minimum absolute atomic E-state index is 0.235. The van der Waals surface area contributed by atoms with Gasteiger partial charge in [-0.05, 0) is 6.42 Å². The molecule has 86 valence electrons. The number of carbonyl (C=O) groups excluding carboxylic acids is 2. The fourth-order valence-corrected chi connectivity index (χ4v) is 2.59.